The number of benzene rings is 3. The van der Waals surface area contributed by atoms with Gasteiger partial charge in [-0.05, 0) is 78.9 Å². The third-order valence-electron chi connectivity index (χ3n) is 6.14. The first-order chi connectivity index (χ1) is 15.3. The number of hydrogen-bond acceptors (Lipinski definition) is 5. The second kappa shape index (κ2) is 8.94. The van der Waals surface area contributed by atoms with Gasteiger partial charge in [-0.15, -0.1) is 0 Å². The summed E-state index contributed by atoms with van der Waals surface area (Å²) in [4.78, 5) is 12.1. The van der Waals surface area contributed by atoms with Gasteiger partial charge < -0.3 is 19.5 Å². The topological polar surface area (TPSA) is 56.8 Å². The molecule has 3 aromatic carbocycles. The third kappa shape index (κ3) is 4.24. The molecule has 0 bridgehead atoms. The van der Waals surface area contributed by atoms with E-state index in [-0.39, 0.29) is 11.2 Å². The fourth-order valence-corrected chi connectivity index (χ4v) is 4.33. The summed E-state index contributed by atoms with van der Waals surface area (Å²) >= 11 is 4.75. The molecule has 1 unspecified atom stereocenters. The largest absolute Gasteiger partial charge is 0.493 e. The summed E-state index contributed by atoms with van der Waals surface area (Å²) in [6.07, 6.45) is 1.74. The molecule has 0 radical (unpaired) electrons. The highest BCUT2D eigenvalue weighted by Crippen LogP contribution is 2.39. The first-order valence-corrected chi connectivity index (χ1v) is 11.3. The van der Waals surface area contributed by atoms with Crippen molar-refractivity contribution in [1.82, 2.24) is 0 Å². The molecule has 1 aliphatic rings. The molecule has 1 aliphatic heterocycles. The minimum Gasteiger partial charge on any atom is -0.493 e. The van der Waals surface area contributed by atoms with Crippen molar-refractivity contribution in [2.24, 2.45) is 0 Å². The maximum atomic E-state index is 12.1. The number of carbonyl (C=O) groups excluding carboxylic acids is 1. The summed E-state index contributed by atoms with van der Waals surface area (Å²) in [5, 5.41) is 5.28. The molecule has 1 atom stereocenters. The predicted molar refractivity (Wildman–Crippen MR) is 132 cm³/mol. The van der Waals surface area contributed by atoms with Gasteiger partial charge >= 0.3 is 0 Å². The summed E-state index contributed by atoms with van der Waals surface area (Å²) in [6, 6.07) is 16.1. The summed E-state index contributed by atoms with van der Waals surface area (Å²) in [5.41, 5.74) is 2.52. The Kier molecular flexibility index (Phi) is 6.24. The van der Waals surface area contributed by atoms with Crippen molar-refractivity contribution >= 4 is 35.0 Å². The van der Waals surface area contributed by atoms with E-state index in [0.29, 0.717) is 6.61 Å². The smallest absolute Gasteiger partial charge is 0.234 e. The fraction of sp³-hybridized carbons (Fsp3) is 0.346. The molecule has 32 heavy (non-hydrogen) atoms. The van der Waals surface area contributed by atoms with E-state index in [1.807, 2.05) is 44.2 Å². The number of ether oxygens (including phenoxy) is 3. The van der Waals surface area contributed by atoms with Crippen LogP contribution in [-0.2, 0) is 16.6 Å². The molecule has 0 spiro atoms. The van der Waals surface area contributed by atoms with E-state index in [4.69, 9.17) is 26.8 Å². The van der Waals surface area contributed by atoms with Crippen LogP contribution in [0.3, 0.4) is 0 Å². The summed E-state index contributed by atoms with van der Waals surface area (Å²) in [6.45, 7) is 4.34. The van der Waals surface area contributed by atoms with Crippen LogP contribution in [0.4, 0.5) is 5.69 Å². The van der Waals surface area contributed by atoms with E-state index in [1.54, 1.807) is 14.2 Å². The van der Waals surface area contributed by atoms with Crippen LogP contribution in [0.15, 0.2) is 48.5 Å². The van der Waals surface area contributed by atoms with Crippen LogP contribution in [0.5, 0.6) is 17.2 Å². The number of hydrogen-bond donors (Lipinski definition) is 2. The number of nitrogens with one attached hydrogen (secondary N) is 1. The molecule has 1 heterocycles. The highest BCUT2D eigenvalue weighted by Gasteiger charge is 2.38. The molecule has 0 saturated heterocycles. The number of carbonyl (C=O) groups is 1. The molecule has 5 nitrogen and oxygen atoms in total. The van der Waals surface area contributed by atoms with E-state index >= 15 is 0 Å². The van der Waals surface area contributed by atoms with Crippen molar-refractivity contribution < 1.29 is 19.0 Å². The molecule has 1 N–H and O–H groups in total. The standard InChI is InChI=1S/C26H29NO4S/c1-26(2)21-13-18(9-11-22(21)27-25(26)28)31-15-19(32)10-8-16-6-5-7-17-12-23(29-3)24(30-4)14-20(16)17/h5-7,9,11-14,19,32H,8,10,15H2,1-4H3,(H,27,28). The van der Waals surface area contributed by atoms with Crippen molar-refractivity contribution in [3.05, 3.63) is 59.7 Å². The second-order valence-corrected chi connectivity index (χ2v) is 9.37. The van der Waals surface area contributed by atoms with Gasteiger partial charge in [0.15, 0.2) is 11.5 Å². The molecule has 0 fully saturated rings. The minimum absolute atomic E-state index is 0.0149. The van der Waals surface area contributed by atoms with Crippen molar-refractivity contribution in [2.45, 2.75) is 37.4 Å². The highest BCUT2D eigenvalue weighted by molar-refractivity contribution is 7.81. The molecular formula is C26H29NO4S. The molecule has 0 saturated carbocycles. The number of rotatable bonds is 8. The summed E-state index contributed by atoms with van der Waals surface area (Å²) in [7, 11) is 3.30. The zero-order chi connectivity index (χ0) is 22.9. The maximum absolute atomic E-state index is 12.1. The quantitative estimate of drug-likeness (QED) is 0.451. The Morgan fingerprint density at radius 3 is 2.53 bits per heavy atom. The zero-order valence-electron chi connectivity index (χ0n) is 18.9. The van der Waals surface area contributed by atoms with Gasteiger partial charge in [0, 0.05) is 10.9 Å². The number of thiol groups is 1. The number of amides is 1. The lowest BCUT2D eigenvalue weighted by Crippen LogP contribution is -2.26. The van der Waals surface area contributed by atoms with Gasteiger partial charge in [0.25, 0.3) is 0 Å². The Hall–Kier alpha value is -2.86. The van der Waals surface area contributed by atoms with Crippen LogP contribution in [0.1, 0.15) is 31.4 Å². The highest BCUT2D eigenvalue weighted by atomic mass is 32.1. The zero-order valence-corrected chi connectivity index (χ0v) is 19.8. The minimum atomic E-state index is -0.548. The normalized spacial score (nSPS) is 15.2. The fourth-order valence-electron chi connectivity index (χ4n) is 4.12. The number of aryl methyl sites for hydroxylation is 1. The number of fused-ring (bicyclic) bond motifs is 2. The van der Waals surface area contributed by atoms with Gasteiger partial charge in [-0.3, -0.25) is 4.79 Å². The Labute approximate surface area is 194 Å². The van der Waals surface area contributed by atoms with E-state index in [0.717, 1.165) is 52.1 Å². The average molecular weight is 452 g/mol. The van der Waals surface area contributed by atoms with Crippen molar-refractivity contribution in [2.75, 3.05) is 26.1 Å². The van der Waals surface area contributed by atoms with Gasteiger partial charge in [-0.2, -0.15) is 12.6 Å². The van der Waals surface area contributed by atoms with Crippen LogP contribution >= 0.6 is 12.6 Å². The van der Waals surface area contributed by atoms with E-state index < -0.39 is 5.41 Å². The van der Waals surface area contributed by atoms with Crippen LogP contribution in [0.2, 0.25) is 0 Å². The lowest BCUT2D eigenvalue weighted by atomic mass is 9.86. The van der Waals surface area contributed by atoms with Gasteiger partial charge in [-0.1, -0.05) is 18.2 Å². The molecule has 0 aromatic heterocycles. The third-order valence-corrected chi connectivity index (χ3v) is 6.55. The van der Waals surface area contributed by atoms with Crippen LogP contribution in [-0.4, -0.2) is 32.0 Å². The van der Waals surface area contributed by atoms with Gasteiger partial charge in [0.2, 0.25) is 5.91 Å². The molecule has 3 aromatic rings. The van der Waals surface area contributed by atoms with Crippen molar-refractivity contribution in [1.29, 1.82) is 0 Å². The van der Waals surface area contributed by atoms with Crippen molar-refractivity contribution in [3.63, 3.8) is 0 Å². The van der Waals surface area contributed by atoms with Crippen LogP contribution < -0.4 is 19.5 Å². The summed E-state index contributed by atoms with van der Waals surface area (Å²) < 4.78 is 16.9. The first kappa shape index (κ1) is 22.3. The second-order valence-electron chi connectivity index (χ2n) is 8.64. The van der Waals surface area contributed by atoms with Crippen molar-refractivity contribution in [3.8, 4) is 17.2 Å². The average Bonchev–Trinajstić information content (AvgIpc) is 3.03. The Morgan fingerprint density at radius 1 is 1.03 bits per heavy atom. The number of methoxy groups -OCH3 is 2. The van der Waals surface area contributed by atoms with Gasteiger partial charge in [0.05, 0.1) is 26.2 Å². The lowest BCUT2D eigenvalue weighted by Gasteiger charge is -2.17. The molecule has 168 valence electrons. The van der Waals surface area contributed by atoms with Crippen LogP contribution in [0.25, 0.3) is 10.8 Å². The number of anilines is 1. The lowest BCUT2D eigenvalue weighted by molar-refractivity contribution is -0.119. The first-order valence-electron chi connectivity index (χ1n) is 10.7. The van der Waals surface area contributed by atoms with E-state index in [1.165, 1.54) is 5.56 Å². The van der Waals surface area contributed by atoms with E-state index in [2.05, 4.69) is 23.5 Å². The SMILES string of the molecule is COc1cc2cccc(CCC(S)COc3ccc4c(c3)C(C)(C)C(=O)N4)c2cc1OC. The Morgan fingerprint density at radius 2 is 1.78 bits per heavy atom. The van der Waals surface area contributed by atoms with Gasteiger partial charge in [-0.25, -0.2) is 0 Å². The Bertz CT molecular complexity index is 1160. The maximum Gasteiger partial charge on any atom is 0.234 e. The van der Waals surface area contributed by atoms with Gasteiger partial charge in [0.1, 0.15) is 5.75 Å². The molecule has 0 aliphatic carbocycles. The van der Waals surface area contributed by atoms with E-state index in [9.17, 15) is 4.79 Å². The monoisotopic (exact) mass is 451 g/mol. The molecule has 4 rings (SSSR count). The molecule has 1 amide bonds. The summed E-state index contributed by atoms with van der Waals surface area (Å²) in [5.74, 6) is 2.23. The molecular weight excluding hydrogens is 422 g/mol. The molecule has 6 heteroatoms. The van der Waals surface area contributed by atoms with Crippen LogP contribution in [0, 0.1) is 0 Å². The Balaban J connectivity index is 1.41. The predicted octanol–water partition coefficient (Wildman–Crippen LogP) is 5.40.